The number of nitrogens with two attached hydrogens (primary N) is 1. The number of aromatic nitrogens is 1. The summed E-state index contributed by atoms with van der Waals surface area (Å²) in [6.45, 7) is 1.01. The molecule has 0 aliphatic heterocycles. The molecule has 4 aromatic rings. The molecule has 0 aliphatic rings. The number of amides is 1. The van der Waals surface area contributed by atoms with Crippen LogP contribution in [0.2, 0.25) is 0 Å². The molecular formula is C23H19N3O2. The molecule has 1 amide bonds. The highest BCUT2D eigenvalue weighted by Gasteiger charge is 2.17. The normalized spacial score (nSPS) is 11.0. The third-order valence-corrected chi connectivity index (χ3v) is 5.00. The molecule has 0 saturated heterocycles. The average molecular weight is 369 g/mol. The smallest absolute Gasteiger partial charge is 0.249 e. The number of nitriles is 1. The van der Waals surface area contributed by atoms with Crippen LogP contribution in [-0.2, 0) is 17.9 Å². The largest absolute Gasteiger partial charge is 0.380 e. The fourth-order valence-electron chi connectivity index (χ4n) is 3.76. The summed E-state index contributed by atoms with van der Waals surface area (Å²) >= 11 is 0. The molecule has 0 fully saturated rings. The Balaban J connectivity index is 2.04. The molecular weight excluding hydrogens is 350 g/mol. The van der Waals surface area contributed by atoms with Crippen LogP contribution >= 0.6 is 0 Å². The van der Waals surface area contributed by atoms with Crippen LogP contribution in [0, 0.1) is 11.3 Å². The van der Waals surface area contributed by atoms with Crippen molar-refractivity contribution in [3.8, 4) is 6.07 Å². The van der Waals surface area contributed by atoms with Gasteiger partial charge in [0.1, 0.15) is 0 Å². The lowest BCUT2D eigenvalue weighted by atomic mass is 10.0. The second-order valence-corrected chi connectivity index (χ2v) is 6.70. The molecule has 2 N–H and O–H groups in total. The highest BCUT2D eigenvalue weighted by molar-refractivity contribution is 6.18. The Hall–Kier alpha value is -3.62. The molecule has 5 heteroatoms. The minimum Gasteiger partial charge on any atom is -0.380 e. The van der Waals surface area contributed by atoms with E-state index in [0.29, 0.717) is 24.3 Å². The van der Waals surface area contributed by atoms with Gasteiger partial charge in [-0.1, -0.05) is 36.4 Å². The number of carbonyl (C=O) groups excluding carboxylic acids is 1. The molecule has 0 saturated carbocycles. The highest BCUT2D eigenvalue weighted by Crippen LogP contribution is 2.33. The fraction of sp³-hybridized carbons (Fsp3) is 0.130. The van der Waals surface area contributed by atoms with Gasteiger partial charge in [0.2, 0.25) is 5.91 Å². The maximum atomic E-state index is 12.0. The molecule has 1 aromatic heterocycles. The summed E-state index contributed by atoms with van der Waals surface area (Å²) in [6, 6.07) is 21.4. The first-order chi connectivity index (χ1) is 13.6. The topological polar surface area (TPSA) is 81.0 Å². The van der Waals surface area contributed by atoms with Gasteiger partial charge in [-0.2, -0.15) is 5.26 Å². The van der Waals surface area contributed by atoms with Crippen LogP contribution in [0.1, 0.15) is 27.0 Å². The minimum absolute atomic E-state index is 0.456. The van der Waals surface area contributed by atoms with Crippen LogP contribution in [0.3, 0.4) is 0 Å². The third-order valence-electron chi connectivity index (χ3n) is 5.00. The van der Waals surface area contributed by atoms with E-state index in [9.17, 15) is 10.1 Å². The van der Waals surface area contributed by atoms with Crippen molar-refractivity contribution in [1.29, 1.82) is 5.26 Å². The third kappa shape index (κ3) is 2.90. The number of hydrogen-bond donors (Lipinski definition) is 1. The van der Waals surface area contributed by atoms with E-state index >= 15 is 0 Å². The van der Waals surface area contributed by atoms with E-state index in [1.807, 2.05) is 48.5 Å². The van der Waals surface area contributed by atoms with E-state index in [2.05, 4.69) is 16.7 Å². The van der Waals surface area contributed by atoms with Crippen molar-refractivity contribution < 1.29 is 9.53 Å². The second kappa shape index (κ2) is 7.18. The van der Waals surface area contributed by atoms with Gasteiger partial charge in [-0.3, -0.25) is 4.79 Å². The molecule has 3 aromatic carbocycles. The Labute approximate surface area is 162 Å². The lowest BCUT2D eigenvalue weighted by Crippen LogP contribution is -2.11. The molecule has 0 bridgehead atoms. The van der Waals surface area contributed by atoms with Gasteiger partial charge in [0.05, 0.1) is 23.8 Å². The van der Waals surface area contributed by atoms with Crippen molar-refractivity contribution in [3.63, 3.8) is 0 Å². The van der Waals surface area contributed by atoms with Crippen molar-refractivity contribution >= 4 is 27.7 Å². The monoisotopic (exact) mass is 369 g/mol. The molecule has 1 heterocycles. The summed E-state index contributed by atoms with van der Waals surface area (Å²) in [5.41, 5.74) is 10.6. The predicted molar refractivity (Wildman–Crippen MR) is 109 cm³/mol. The number of hydrogen-bond acceptors (Lipinski definition) is 3. The van der Waals surface area contributed by atoms with Crippen LogP contribution < -0.4 is 5.73 Å². The van der Waals surface area contributed by atoms with E-state index in [0.717, 1.165) is 32.9 Å². The van der Waals surface area contributed by atoms with Crippen LogP contribution in [0.25, 0.3) is 21.8 Å². The van der Waals surface area contributed by atoms with Crippen LogP contribution in [0.4, 0.5) is 0 Å². The van der Waals surface area contributed by atoms with E-state index in [4.69, 9.17) is 10.5 Å². The van der Waals surface area contributed by atoms with Crippen LogP contribution in [0.15, 0.2) is 60.7 Å². The summed E-state index contributed by atoms with van der Waals surface area (Å²) in [5.74, 6) is -0.456. The van der Waals surface area contributed by atoms with Gasteiger partial charge in [0.25, 0.3) is 0 Å². The average Bonchev–Trinajstić information content (AvgIpc) is 3.02. The minimum atomic E-state index is -0.456. The van der Waals surface area contributed by atoms with E-state index < -0.39 is 5.91 Å². The molecule has 0 aliphatic carbocycles. The molecule has 5 nitrogen and oxygen atoms in total. The Morgan fingerprint density at radius 3 is 2.68 bits per heavy atom. The summed E-state index contributed by atoms with van der Waals surface area (Å²) in [4.78, 5) is 12.0. The van der Waals surface area contributed by atoms with Gasteiger partial charge in [-0.25, -0.2) is 0 Å². The van der Waals surface area contributed by atoms with Gasteiger partial charge in [0.15, 0.2) is 0 Å². The fourth-order valence-corrected chi connectivity index (χ4v) is 3.76. The number of primary amides is 1. The van der Waals surface area contributed by atoms with Crippen molar-refractivity contribution in [2.24, 2.45) is 5.73 Å². The second-order valence-electron chi connectivity index (χ2n) is 6.70. The maximum Gasteiger partial charge on any atom is 0.249 e. The Morgan fingerprint density at radius 1 is 1.11 bits per heavy atom. The van der Waals surface area contributed by atoms with E-state index in [1.54, 1.807) is 13.2 Å². The molecule has 0 spiro atoms. The van der Waals surface area contributed by atoms with Crippen molar-refractivity contribution in [2.75, 3.05) is 7.11 Å². The molecule has 0 unspecified atom stereocenters. The van der Waals surface area contributed by atoms with Gasteiger partial charge in [-0.15, -0.1) is 0 Å². The lowest BCUT2D eigenvalue weighted by Gasteiger charge is -2.10. The summed E-state index contributed by atoms with van der Waals surface area (Å²) < 4.78 is 7.41. The SMILES string of the molecule is COCc1ccc2c3c(C(N)=O)cccc3n(Cc3ccccc3C#N)c2c1. The maximum absolute atomic E-state index is 12.0. The Morgan fingerprint density at radius 2 is 1.93 bits per heavy atom. The molecule has 0 atom stereocenters. The number of nitrogens with zero attached hydrogens (tertiary/aromatic N) is 2. The first-order valence-corrected chi connectivity index (χ1v) is 8.94. The van der Waals surface area contributed by atoms with Gasteiger partial charge in [-0.05, 0) is 35.4 Å². The quantitative estimate of drug-likeness (QED) is 0.578. The van der Waals surface area contributed by atoms with Crippen LogP contribution in [-0.4, -0.2) is 17.6 Å². The Kier molecular flexibility index (Phi) is 4.56. The van der Waals surface area contributed by atoms with Crippen molar-refractivity contribution in [1.82, 2.24) is 4.57 Å². The lowest BCUT2D eigenvalue weighted by molar-refractivity contribution is 0.100. The molecule has 0 radical (unpaired) electrons. The zero-order valence-corrected chi connectivity index (χ0v) is 15.5. The number of methoxy groups -OCH3 is 1. The zero-order valence-electron chi connectivity index (χ0n) is 15.5. The van der Waals surface area contributed by atoms with Crippen molar-refractivity contribution in [3.05, 3.63) is 82.9 Å². The number of fused-ring (bicyclic) bond motifs is 3. The predicted octanol–water partition coefficient (Wildman–Crippen LogP) is 3.96. The number of carbonyl (C=O) groups is 1. The summed E-state index contributed by atoms with van der Waals surface area (Å²) in [6.07, 6.45) is 0. The van der Waals surface area contributed by atoms with Gasteiger partial charge >= 0.3 is 0 Å². The number of ether oxygens (including phenoxy) is 1. The van der Waals surface area contributed by atoms with Crippen LogP contribution in [0.5, 0.6) is 0 Å². The van der Waals surface area contributed by atoms with Crippen molar-refractivity contribution in [2.45, 2.75) is 13.2 Å². The standard InChI is InChI=1S/C23H19N3O2/c1-28-14-15-9-10-18-21(11-15)26(13-17-6-3-2-5-16(17)12-24)20-8-4-7-19(22(18)20)23(25)27/h2-11H,13-14H2,1H3,(H2,25,27). The van der Waals surface area contributed by atoms with Gasteiger partial charge in [0, 0.05) is 35.5 Å². The summed E-state index contributed by atoms with van der Waals surface area (Å²) in [5, 5.41) is 11.3. The highest BCUT2D eigenvalue weighted by atomic mass is 16.5. The molecule has 4 rings (SSSR count). The molecule has 28 heavy (non-hydrogen) atoms. The van der Waals surface area contributed by atoms with E-state index in [1.165, 1.54) is 0 Å². The first-order valence-electron chi connectivity index (χ1n) is 8.94. The van der Waals surface area contributed by atoms with E-state index in [-0.39, 0.29) is 0 Å². The summed E-state index contributed by atoms with van der Waals surface area (Å²) in [7, 11) is 1.66. The molecule has 138 valence electrons. The number of benzene rings is 3. The first kappa shape index (κ1) is 17.8. The Bertz CT molecular complexity index is 1250. The van der Waals surface area contributed by atoms with Gasteiger partial charge < -0.3 is 15.0 Å². The number of rotatable bonds is 5. The zero-order chi connectivity index (χ0) is 19.7.